The molecule has 126 valence electrons. The molecule has 0 spiro atoms. The van der Waals surface area contributed by atoms with E-state index in [1.54, 1.807) is 0 Å². The molecule has 0 heterocycles. The van der Waals surface area contributed by atoms with Gasteiger partial charge in [0, 0.05) is 4.47 Å². The van der Waals surface area contributed by atoms with E-state index in [4.69, 9.17) is 0 Å². The van der Waals surface area contributed by atoms with E-state index < -0.39 is 0 Å². The van der Waals surface area contributed by atoms with Crippen molar-refractivity contribution in [2.75, 3.05) is 0 Å². The molecule has 1 amide bonds. The Labute approximate surface area is 157 Å². The molecule has 3 rings (SSSR count). The fourth-order valence-corrected chi connectivity index (χ4v) is 3.39. The van der Waals surface area contributed by atoms with Crippen LogP contribution in [0, 0.1) is 6.92 Å². The Hall–Kier alpha value is -2.39. The number of carbonyl (C=O) groups is 1. The predicted octanol–water partition coefficient (Wildman–Crippen LogP) is 5.21. The van der Waals surface area contributed by atoms with Crippen LogP contribution in [0.2, 0.25) is 0 Å². The predicted molar refractivity (Wildman–Crippen MR) is 105 cm³/mol. The summed E-state index contributed by atoms with van der Waals surface area (Å²) in [6.45, 7) is 2.08. The second-order valence-electron chi connectivity index (χ2n) is 6.07. The van der Waals surface area contributed by atoms with Crippen LogP contribution in [0.25, 0.3) is 0 Å². The van der Waals surface area contributed by atoms with Crippen LogP contribution in [0.1, 0.15) is 28.3 Å². The van der Waals surface area contributed by atoms with Crippen molar-refractivity contribution in [2.24, 2.45) is 0 Å². The Morgan fingerprint density at radius 3 is 2.40 bits per heavy atom. The van der Waals surface area contributed by atoms with Gasteiger partial charge in [-0.1, -0.05) is 82.7 Å². The number of aryl methyl sites for hydroxylation is 1. The van der Waals surface area contributed by atoms with E-state index in [1.165, 1.54) is 5.56 Å². The van der Waals surface area contributed by atoms with Gasteiger partial charge >= 0.3 is 0 Å². The maximum absolute atomic E-state index is 12.7. The lowest BCUT2D eigenvalue weighted by molar-refractivity contribution is -0.120. The van der Waals surface area contributed by atoms with E-state index in [9.17, 15) is 4.79 Å². The van der Waals surface area contributed by atoms with Crippen molar-refractivity contribution in [1.82, 2.24) is 5.32 Å². The van der Waals surface area contributed by atoms with Crippen LogP contribution in [-0.4, -0.2) is 5.91 Å². The van der Waals surface area contributed by atoms with Crippen molar-refractivity contribution in [3.63, 3.8) is 0 Å². The summed E-state index contributed by atoms with van der Waals surface area (Å²) in [6.07, 6.45) is 0.356. The maximum atomic E-state index is 12.7. The first-order valence-electron chi connectivity index (χ1n) is 8.28. The fraction of sp³-hybridized carbons (Fsp3) is 0.136. The van der Waals surface area contributed by atoms with Crippen molar-refractivity contribution in [3.05, 3.63) is 106 Å². The van der Waals surface area contributed by atoms with Crippen molar-refractivity contribution >= 4 is 21.8 Å². The van der Waals surface area contributed by atoms with Crippen LogP contribution in [0.15, 0.2) is 83.3 Å². The van der Waals surface area contributed by atoms with Gasteiger partial charge in [0.2, 0.25) is 5.91 Å². The third kappa shape index (κ3) is 4.58. The Morgan fingerprint density at radius 2 is 1.68 bits per heavy atom. The third-order valence-electron chi connectivity index (χ3n) is 4.19. The monoisotopic (exact) mass is 393 g/mol. The molecule has 25 heavy (non-hydrogen) atoms. The van der Waals surface area contributed by atoms with Gasteiger partial charge in [-0.15, -0.1) is 0 Å². The highest BCUT2D eigenvalue weighted by Gasteiger charge is 2.18. The number of hydrogen-bond acceptors (Lipinski definition) is 1. The molecule has 0 saturated heterocycles. The SMILES string of the molecule is Cc1ccccc1[C@H](NC(=O)Cc1cccc(Br)c1)c1ccccc1. The van der Waals surface area contributed by atoms with Crippen LogP contribution in [0.3, 0.4) is 0 Å². The molecule has 0 bridgehead atoms. The molecule has 3 aromatic rings. The van der Waals surface area contributed by atoms with Gasteiger partial charge in [0.25, 0.3) is 0 Å². The van der Waals surface area contributed by atoms with Gasteiger partial charge in [-0.05, 0) is 41.3 Å². The zero-order valence-electron chi connectivity index (χ0n) is 14.1. The molecule has 0 radical (unpaired) electrons. The molecular weight excluding hydrogens is 374 g/mol. The first-order chi connectivity index (χ1) is 12.1. The Bertz CT molecular complexity index is 861. The third-order valence-corrected chi connectivity index (χ3v) is 4.68. The topological polar surface area (TPSA) is 29.1 Å². The summed E-state index contributed by atoms with van der Waals surface area (Å²) in [7, 11) is 0. The molecular formula is C22H20BrNO. The van der Waals surface area contributed by atoms with Crippen LogP contribution in [0.4, 0.5) is 0 Å². The number of rotatable bonds is 5. The summed E-state index contributed by atoms with van der Waals surface area (Å²) in [5, 5.41) is 3.20. The normalized spacial score (nSPS) is 11.8. The number of carbonyl (C=O) groups excluding carboxylic acids is 1. The molecule has 0 aliphatic carbocycles. The van der Waals surface area contributed by atoms with Crippen LogP contribution in [0.5, 0.6) is 0 Å². The number of halogens is 1. The molecule has 2 nitrogen and oxygen atoms in total. The highest BCUT2D eigenvalue weighted by Crippen LogP contribution is 2.25. The number of amides is 1. The van der Waals surface area contributed by atoms with Gasteiger partial charge in [0.15, 0.2) is 0 Å². The first-order valence-corrected chi connectivity index (χ1v) is 9.07. The summed E-state index contributed by atoms with van der Waals surface area (Å²) in [5.74, 6) is 0.00945. The number of benzene rings is 3. The van der Waals surface area contributed by atoms with Crippen molar-refractivity contribution < 1.29 is 4.79 Å². The molecule has 1 atom stereocenters. The van der Waals surface area contributed by atoms with Crippen molar-refractivity contribution in [3.8, 4) is 0 Å². The quantitative estimate of drug-likeness (QED) is 0.633. The smallest absolute Gasteiger partial charge is 0.225 e. The van der Waals surface area contributed by atoms with Gasteiger partial charge in [-0.3, -0.25) is 4.79 Å². The number of hydrogen-bond donors (Lipinski definition) is 1. The Kier molecular flexibility index (Phi) is 5.67. The van der Waals surface area contributed by atoms with Gasteiger partial charge in [0.1, 0.15) is 0 Å². The van der Waals surface area contributed by atoms with Crippen molar-refractivity contribution in [2.45, 2.75) is 19.4 Å². The maximum Gasteiger partial charge on any atom is 0.225 e. The number of nitrogens with one attached hydrogen (secondary N) is 1. The summed E-state index contributed by atoms with van der Waals surface area (Å²) < 4.78 is 0.983. The summed E-state index contributed by atoms with van der Waals surface area (Å²) in [5.41, 5.74) is 4.36. The van der Waals surface area contributed by atoms with E-state index in [1.807, 2.05) is 54.6 Å². The average Bonchev–Trinajstić information content (AvgIpc) is 2.61. The standard InChI is InChI=1S/C22H20BrNO/c1-16-8-5-6-13-20(16)22(18-10-3-2-4-11-18)24-21(25)15-17-9-7-12-19(23)14-17/h2-14,22H,15H2,1H3,(H,24,25)/t22-/m1/s1. The summed E-state index contributed by atoms with van der Waals surface area (Å²) >= 11 is 3.45. The molecule has 3 aromatic carbocycles. The Balaban J connectivity index is 1.85. The van der Waals surface area contributed by atoms with Gasteiger partial charge < -0.3 is 5.32 Å². The minimum atomic E-state index is -0.151. The molecule has 1 N–H and O–H groups in total. The van der Waals surface area contributed by atoms with E-state index in [2.05, 4.69) is 52.4 Å². The molecule has 3 heteroatoms. The molecule has 0 unspecified atom stereocenters. The highest BCUT2D eigenvalue weighted by atomic mass is 79.9. The zero-order valence-corrected chi connectivity index (χ0v) is 15.7. The van der Waals surface area contributed by atoms with Gasteiger partial charge in [-0.25, -0.2) is 0 Å². The minimum absolute atomic E-state index is 0.00945. The summed E-state index contributed by atoms with van der Waals surface area (Å²) in [4.78, 5) is 12.7. The first kappa shape index (κ1) is 17.4. The second kappa shape index (κ2) is 8.13. The lowest BCUT2D eigenvalue weighted by Gasteiger charge is -2.22. The van der Waals surface area contributed by atoms with E-state index >= 15 is 0 Å². The average molecular weight is 394 g/mol. The zero-order chi connectivity index (χ0) is 17.6. The Morgan fingerprint density at radius 1 is 0.960 bits per heavy atom. The highest BCUT2D eigenvalue weighted by molar-refractivity contribution is 9.10. The van der Waals surface area contributed by atoms with Gasteiger partial charge in [0.05, 0.1) is 12.5 Å². The molecule has 0 saturated carbocycles. The second-order valence-corrected chi connectivity index (χ2v) is 6.99. The largest absolute Gasteiger partial charge is 0.345 e. The fourth-order valence-electron chi connectivity index (χ4n) is 2.94. The van der Waals surface area contributed by atoms with E-state index in [0.717, 1.165) is 21.2 Å². The lowest BCUT2D eigenvalue weighted by Crippen LogP contribution is -2.31. The molecule has 0 aliphatic heterocycles. The summed E-state index contributed by atoms with van der Waals surface area (Å²) in [6, 6.07) is 26.0. The van der Waals surface area contributed by atoms with Crippen LogP contribution >= 0.6 is 15.9 Å². The molecule has 0 aromatic heterocycles. The molecule has 0 fully saturated rings. The van der Waals surface area contributed by atoms with Gasteiger partial charge in [-0.2, -0.15) is 0 Å². The van der Waals surface area contributed by atoms with Crippen molar-refractivity contribution in [1.29, 1.82) is 0 Å². The van der Waals surface area contributed by atoms with Crippen LogP contribution in [-0.2, 0) is 11.2 Å². The van der Waals surface area contributed by atoms with Crippen LogP contribution < -0.4 is 5.32 Å². The molecule has 0 aliphatic rings. The lowest BCUT2D eigenvalue weighted by atomic mass is 9.94. The minimum Gasteiger partial charge on any atom is -0.345 e. The van der Waals surface area contributed by atoms with E-state index in [0.29, 0.717) is 6.42 Å². The van der Waals surface area contributed by atoms with E-state index in [-0.39, 0.29) is 11.9 Å².